The maximum atomic E-state index is 12.1. The molecule has 6 heteroatoms. The number of alkyl carbamates (subject to hydrolysis) is 1. The fourth-order valence-corrected chi connectivity index (χ4v) is 4.50. The molecule has 0 saturated carbocycles. The highest BCUT2D eigenvalue weighted by Crippen LogP contribution is 2.54. The molecular weight excluding hydrogens is 368 g/mol. The van der Waals surface area contributed by atoms with Crippen LogP contribution in [0.5, 0.6) is 11.5 Å². The zero-order chi connectivity index (χ0) is 21.0. The minimum atomic E-state index is -0.368. The Morgan fingerprint density at radius 3 is 3.00 bits per heavy atom. The molecule has 0 spiro atoms. The summed E-state index contributed by atoms with van der Waals surface area (Å²) in [5.74, 6) is 1.55. The van der Waals surface area contributed by atoms with Gasteiger partial charge in [-0.2, -0.15) is 0 Å². The lowest BCUT2D eigenvalue weighted by Gasteiger charge is -2.32. The number of carbonyl (C=O) groups is 1. The Balaban J connectivity index is 1.83. The number of unbranched alkanes of at least 4 members (excludes halogenated alkanes) is 1. The molecule has 2 aliphatic heterocycles. The summed E-state index contributed by atoms with van der Waals surface area (Å²) in [6.45, 7) is 10.6. The number of methoxy groups -OCH3 is 1. The third-order valence-corrected chi connectivity index (χ3v) is 6.09. The number of rotatable bonds is 8. The molecule has 0 unspecified atom stereocenters. The predicted octanol–water partition coefficient (Wildman–Crippen LogP) is 4.02. The standard InChI is InChI=1S/C23H34N2O4/c1-6-8-12-24-22(26)28-16(3)14-19-23(7-2)11-13-25(4)15-17-9-10-18(27-5)21(29-19)20(17)23/h7,9-10,16,19H,2,6,8,11-15H2,1,3-5H3,(H,24,26)/t16-,19-,23-/m0/s1. The van der Waals surface area contributed by atoms with E-state index in [2.05, 4.69) is 36.8 Å². The van der Waals surface area contributed by atoms with Crippen molar-refractivity contribution >= 4 is 6.09 Å². The van der Waals surface area contributed by atoms with Crippen LogP contribution >= 0.6 is 0 Å². The highest BCUT2D eigenvalue weighted by molar-refractivity contribution is 5.67. The summed E-state index contributed by atoms with van der Waals surface area (Å²) >= 11 is 0. The van der Waals surface area contributed by atoms with Crippen LogP contribution < -0.4 is 14.8 Å². The van der Waals surface area contributed by atoms with Crippen LogP contribution in [-0.4, -0.2) is 50.4 Å². The molecule has 3 rings (SSSR count). The van der Waals surface area contributed by atoms with Crippen LogP contribution in [0.25, 0.3) is 0 Å². The molecule has 3 atom stereocenters. The van der Waals surface area contributed by atoms with Gasteiger partial charge in [0.2, 0.25) is 0 Å². The van der Waals surface area contributed by atoms with Crippen molar-refractivity contribution in [1.82, 2.24) is 10.2 Å². The van der Waals surface area contributed by atoms with Gasteiger partial charge in [0.25, 0.3) is 0 Å². The van der Waals surface area contributed by atoms with Gasteiger partial charge in [-0.1, -0.05) is 25.5 Å². The third-order valence-electron chi connectivity index (χ3n) is 6.09. The molecule has 0 saturated heterocycles. The average molecular weight is 403 g/mol. The minimum absolute atomic E-state index is 0.157. The summed E-state index contributed by atoms with van der Waals surface area (Å²) < 4.78 is 17.6. The molecule has 0 aromatic heterocycles. The number of nitrogens with one attached hydrogen (secondary N) is 1. The lowest BCUT2D eigenvalue weighted by molar-refractivity contribution is 0.0581. The number of carbonyl (C=O) groups excluding carboxylic acids is 1. The summed E-state index contributed by atoms with van der Waals surface area (Å²) in [6, 6.07) is 4.11. The number of ether oxygens (including phenoxy) is 3. The van der Waals surface area contributed by atoms with Gasteiger partial charge in [-0.25, -0.2) is 4.79 Å². The van der Waals surface area contributed by atoms with Crippen molar-refractivity contribution < 1.29 is 19.0 Å². The molecular formula is C23H34N2O4. The first-order valence-corrected chi connectivity index (χ1v) is 10.6. The fourth-order valence-electron chi connectivity index (χ4n) is 4.50. The molecule has 2 aliphatic rings. The van der Waals surface area contributed by atoms with Gasteiger partial charge in [0.05, 0.1) is 12.5 Å². The van der Waals surface area contributed by atoms with Gasteiger partial charge in [0.1, 0.15) is 12.2 Å². The summed E-state index contributed by atoms with van der Waals surface area (Å²) in [4.78, 5) is 14.4. The average Bonchev–Trinajstić information content (AvgIpc) is 2.92. The Morgan fingerprint density at radius 1 is 1.52 bits per heavy atom. The lowest BCUT2D eigenvalue weighted by atomic mass is 9.72. The van der Waals surface area contributed by atoms with E-state index in [1.54, 1.807) is 7.11 Å². The molecule has 1 aromatic carbocycles. The largest absolute Gasteiger partial charge is 0.493 e. The number of hydrogen-bond acceptors (Lipinski definition) is 5. The quantitative estimate of drug-likeness (QED) is 0.526. The molecule has 0 fully saturated rings. The molecule has 0 aliphatic carbocycles. The van der Waals surface area contributed by atoms with Gasteiger partial charge in [-0.15, -0.1) is 6.58 Å². The van der Waals surface area contributed by atoms with Gasteiger partial charge < -0.3 is 24.4 Å². The second-order valence-electron chi connectivity index (χ2n) is 8.20. The molecule has 1 aromatic rings. The minimum Gasteiger partial charge on any atom is -0.493 e. The van der Waals surface area contributed by atoms with E-state index in [1.807, 2.05) is 19.1 Å². The van der Waals surface area contributed by atoms with Gasteiger partial charge in [-0.05, 0) is 45.0 Å². The first-order valence-electron chi connectivity index (χ1n) is 10.6. The molecule has 6 nitrogen and oxygen atoms in total. The molecule has 0 radical (unpaired) electrons. The molecule has 1 N–H and O–H groups in total. The van der Waals surface area contributed by atoms with E-state index < -0.39 is 0 Å². The van der Waals surface area contributed by atoms with E-state index in [4.69, 9.17) is 14.2 Å². The normalized spacial score (nSPS) is 24.1. The second kappa shape index (κ2) is 9.08. The van der Waals surface area contributed by atoms with Crippen LogP contribution in [0.2, 0.25) is 0 Å². The van der Waals surface area contributed by atoms with E-state index in [9.17, 15) is 4.79 Å². The van der Waals surface area contributed by atoms with E-state index in [1.165, 1.54) is 11.1 Å². The van der Waals surface area contributed by atoms with Crippen LogP contribution in [0.4, 0.5) is 4.79 Å². The summed E-state index contributed by atoms with van der Waals surface area (Å²) in [7, 11) is 3.80. The number of amides is 1. The molecule has 160 valence electrons. The van der Waals surface area contributed by atoms with E-state index >= 15 is 0 Å². The van der Waals surface area contributed by atoms with Crippen LogP contribution in [0.15, 0.2) is 24.8 Å². The SMILES string of the molecule is C=C[C@@]12CCN(C)Cc3ccc(OC)c(c31)O[C@H]2C[C@H](C)OC(=O)NCCCC. The Labute approximate surface area is 174 Å². The van der Waals surface area contributed by atoms with Crippen LogP contribution in [0.1, 0.15) is 50.7 Å². The van der Waals surface area contributed by atoms with Crippen molar-refractivity contribution in [3.05, 3.63) is 35.9 Å². The van der Waals surface area contributed by atoms with Gasteiger partial charge in [0.15, 0.2) is 11.5 Å². The first-order chi connectivity index (χ1) is 13.9. The van der Waals surface area contributed by atoms with Gasteiger partial charge in [-0.3, -0.25) is 0 Å². The topological polar surface area (TPSA) is 60.0 Å². The van der Waals surface area contributed by atoms with Crippen molar-refractivity contribution in [2.45, 2.75) is 63.7 Å². The van der Waals surface area contributed by atoms with Crippen molar-refractivity contribution in [3.63, 3.8) is 0 Å². The Bertz CT molecular complexity index is 751. The van der Waals surface area contributed by atoms with Crippen molar-refractivity contribution in [3.8, 4) is 11.5 Å². The number of hydrogen-bond donors (Lipinski definition) is 1. The van der Waals surface area contributed by atoms with Crippen molar-refractivity contribution in [2.75, 3.05) is 27.2 Å². The van der Waals surface area contributed by atoms with Gasteiger partial charge >= 0.3 is 6.09 Å². The first kappa shape index (κ1) is 21.5. The number of nitrogens with zero attached hydrogens (tertiary/aromatic N) is 1. The van der Waals surface area contributed by atoms with E-state index in [0.717, 1.165) is 43.9 Å². The maximum absolute atomic E-state index is 12.1. The van der Waals surface area contributed by atoms with E-state index in [-0.39, 0.29) is 23.7 Å². The zero-order valence-corrected chi connectivity index (χ0v) is 18.1. The predicted molar refractivity (Wildman–Crippen MR) is 114 cm³/mol. The smallest absolute Gasteiger partial charge is 0.407 e. The molecule has 0 bridgehead atoms. The summed E-state index contributed by atoms with van der Waals surface area (Å²) in [6.07, 6.45) is 4.70. The second-order valence-corrected chi connectivity index (χ2v) is 8.20. The van der Waals surface area contributed by atoms with Crippen molar-refractivity contribution in [1.29, 1.82) is 0 Å². The van der Waals surface area contributed by atoms with E-state index in [0.29, 0.717) is 13.0 Å². The Morgan fingerprint density at radius 2 is 2.31 bits per heavy atom. The summed E-state index contributed by atoms with van der Waals surface area (Å²) in [5, 5.41) is 2.81. The molecule has 2 heterocycles. The monoisotopic (exact) mass is 402 g/mol. The Hall–Kier alpha value is -2.21. The lowest BCUT2D eigenvalue weighted by Crippen LogP contribution is -2.41. The highest BCUT2D eigenvalue weighted by atomic mass is 16.6. The van der Waals surface area contributed by atoms with Crippen LogP contribution in [0.3, 0.4) is 0 Å². The fraction of sp³-hybridized carbons (Fsp3) is 0.609. The van der Waals surface area contributed by atoms with Crippen LogP contribution in [0, 0.1) is 0 Å². The summed E-state index contributed by atoms with van der Waals surface area (Å²) in [5.41, 5.74) is 2.11. The van der Waals surface area contributed by atoms with Crippen molar-refractivity contribution in [2.24, 2.45) is 0 Å². The maximum Gasteiger partial charge on any atom is 0.407 e. The van der Waals surface area contributed by atoms with Gasteiger partial charge in [0, 0.05) is 25.1 Å². The third kappa shape index (κ3) is 4.22. The van der Waals surface area contributed by atoms with Crippen LogP contribution in [-0.2, 0) is 16.7 Å². The number of benzene rings is 1. The molecule has 1 amide bonds. The Kier molecular flexibility index (Phi) is 6.73. The highest BCUT2D eigenvalue weighted by Gasteiger charge is 2.51. The zero-order valence-electron chi connectivity index (χ0n) is 18.1. The molecule has 29 heavy (non-hydrogen) atoms.